The predicted molar refractivity (Wildman–Crippen MR) is 246 cm³/mol. The van der Waals surface area contributed by atoms with Crippen LogP contribution < -0.4 is 22.7 Å². The summed E-state index contributed by atoms with van der Waals surface area (Å²) < 4.78 is 15.8. The zero-order valence-corrected chi connectivity index (χ0v) is 40.5. The van der Waals surface area contributed by atoms with E-state index in [0.717, 1.165) is 11.3 Å². The Morgan fingerprint density at radius 3 is 1.35 bits per heavy atom. The number of aliphatic hydroxyl groups is 1. The summed E-state index contributed by atoms with van der Waals surface area (Å²) in [5.74, 6) is 1.13. The Morgan fingerprint density at radius 1 is 0.549 bits per heavy atom. The molecule has 0 bridgehead atoms. The van der Waals surface area contributed by atoms with Gasteiger partial charge in [-0.2, -0.15) is 0 Å². The molecule has 0 radical (unpaired) electrons. The van der Waals surface area contributed by atoms with Crippen molar-refractivity contribution in [3.63, 3.8) is 0 Å². The van der Waals surface area contributed by atoms with Gasteiger partial charge in [-0.15, -0.1) is 24.0 Å². The summed E-state index contributed by atoms with van der Waals surface area (Å²) in [4.78, 5) is 34.8. The average molecular weight is 1370 g/mol. The van der Waals surface area contributed by atoms with E-state index in [-0.39, 0.29) is 61.3 Å². The van der Waals surface area contributed by atoms with Crippen molar-refractivity contribution in [2.24, 2.45) is 0 Å². The van der Waals surface area contributed by atoms with Crippen LogP contribution in [0.4, 0.5) is 0 Å². The van der Waals surface area contributed by atoms with E-state index < -0.39 is 0 Å². The molecule has 5 aromatic carbocycles. The Kier molecular flexibility index (Phi) is 32.7. The van der Waals surface area contributed by atoms with E-state index in [1.54, 1.807) is 67.6 Å². The quantitative estimate of drug-likeness (QED) is 0.0616. The smallest absolute Gasteiger partial charge is 0.338 e. The molecule has 0 aliphatic rings. The summed E-state index contributed by atoms with van der Waals surface area (Å²) in [5.41, 5.74) is 2.53. The van der Waals surface area contributed by atoms with Crippen molar-refractivity contribution in [1.29, 1.82) is 0 Å². The molecule has 0 saturated carbocycles. The van der Waals surface area contributed by atoms with Crippen LogP contribution in [-0.4, -0.2) is 49.1 Å². The molecular weight excluding hydrogens is 1330 g/mol. The maximum atomic E-state index is 12.3. The van der Waals surface area contributed by atoms with Gasteiger partial charge in [-0.1, -0.05) is 97.1 Å². The summed E-state index contributed by atoms with van der Waals surface area (Å²) in [6.07, 6.45) is 0. The van der Waals surface area contributed by atoms with E-state index in [9.17, 15) is 14.4 Å². The molecule has 0 unspecified atom stereocenters. The van der Waals surface area contributed by atoms with Crippen LogP contribution in [0.1, 0.15) is 43.6 Å². The van der Waals surface area contributed by atoms with Gasteiger partial charge in [0.1, 0.15) is 31.3 Å². The Bertz CT molecular complexity index is 1600. The predicted octanol–water partition coefficient (Wildman–Crippen LogP) is 8.27. The first-order chi connectivity index (χ1) is 24.4. The Hall–Kier alpha value is -1.15. The number of esters is 1. The van der Waals surface area contributed by atoms with E-state index in [1.807, 2.05) is 84.9 Å². The second kappa shape index (κ2) is 33.4. The normalized spacial score (nSPS) is 9.14. The van der Waals surface area contributed by atoms with Crippen molar-refractivity contribution in [3.05, 3.63) is 168 Å². The zero-order chi connectivity index (χ0) is 36.8. The number of rotatable bonds is 11. The van der Waals surface area contributed by atoms with Crippen LogP contribution in [0.15, 0.2) is 146 Å². The molecule has 5 rings (SSSR count). The minimum atomic E-state index is -0.377. The van der Waals surface area contributed by atoms with E-state index in [2.05, 4.69) is 74.5 Å². The van der Waals surface area contributed by atoms with Crippen molar-refractivity contribution < 1.29 is 47.0 Å². The van der Waals surface area contributed by atoms with Gasteiger partial charge in [-0.05, 0) is 55.5 Å². The molecule has 0 fully saturated rings. The van der Waals surface area contributed by atoms with E-state index in [4.69, 9.17) is 19.3 Å². The third kappa shape index (κ3) is 23.3. The summed E-state index contributed by atoms with van der Waals surface area (Å²) in [7, 11) is 0. The SMILES string of the molecule is CC(=O)c1ccccc1.I.II.I[I-]I.O=C(OCCOc1ccc(C(=O)c2ccccc2)cc1)c1ccccc1.OCCOc1ccccc1. The van der Waals surface area contributed by atoms with Gasteiger partial charge in [0.15, 0.2) is 11.6 Å². The van der Waals surface area contributed by atoms with Gasteiger partial charge in [0, 0.05) is 53.9 Å². The van der Waals surface area contributed by atoms with Gasteiger partial charge in [0.25, 0.3) is 0 Å². The number of aliphatic hydroxyl groups excluding tert-OH is 1. The van der Waals surface area contributed by atoms with Gasteiger partial charge in [-0.3, -0.25) is 9.59 Å². The molecule has 51 heavy (non-hydrogen) atoms. The van der Waals surface area contributed by atoms with E-state index in [1.165, 1.54) is 0 Å². The van der Waals surface area contributed by atoms with Crippen LogP contribution in [0.25, 0.3) is 0 Å². The molecule has 0 heterocycles. The second-order valence-corrected chi connectivity index (χ2v) is 25.7. The molecule has 0 aliphatic heterocycles. The Morgan fingerprint density at radius 2 is 0.922 bits per heavy atom. The number of halogens is 6. The molecule has 1 N–H and O–H groups in total. The molecular formula is C38H37I6O7-. The van der Waals surface area contributed by atoms with Crippen LogP contribution in [0.2, 0.25) is 0 Å². The van der Waals surface area contributed by atoms with Crippen molar-refractivity contribution in [1.82, 2.24) is 0 Å². The third-order valence-electron chi connectivity index (χ3n) is 6.03. The minimum Gasteiger partial charge on any atom is -0.491 e. The fraction of sp³-hybridized carbons (Fsp3) is 0.132. The largest absolute Gasteiger partial charge is 0.491 e. The number of Topliss-reactive ketones (excluding diaryl/α,β-unsaturated/α-hetero) is 1. The number of hydrogen-bond donors (Lipinski definition) is 1. The molecule has 0 atom stereocenters. The zero-order valence-electron chi connectivity index (χ0n) is 27.4. The standard InChI is InChI=1S/C22H18O4.C8H10O2.C8H8O.I3.I2.HI/c23-21(17-7-3-1-4-8-17)18-11-13-20(14-12-18)25-15-16-26-22(24)19-9-5-2-6-10-19;9-6-7-10-8-4-2-1-3-5-8;1-7(9)8-5-3-2-4-6-8;1-3-2;1-2;/h1-14H,15-16H2;1-5,9H,6-7H2;2-6H,1H3;;;1H/q;;;-1;;. The molecule has 0 saturated heterocycles. The van der Waals surface area contributed by atoms with Crippen LogP contribution in [-0.2, 0) is 4.74 Å². The van der Waals surface area contributed by atoms with Crippen molar-refractivity contribution >= 4 is 116 Å². The molecule has 274 valence electrons. The van der Waals surface area contributed by atoms with E-state index >= 15 is 0 Å². The van der Waals surface area contributed by atoms with Gasteiger partial charge >= 0.3 is 56.5 Å². The van der Waals surface area contributed by atoms with Gasteiger partial charge in [0.05, 0.1) is 12.2 Å². The fourth-order valence-corrected chi connectivity index (χ4v) is 3.76. The Labute approximate surface area is 370 Å². The van der Waals surface area contributed by atoms with Crippen molar-refractivity contribution in [3.8, 4) is 11.5 Å². The number of ketones is 2. The molecule has 7 nitrogen and oxygen atoms in total. The van der Waals surface area contributed by atoms with Gasteiger partial charge in [-0.25, -0.2) is 4.79 Å². The average Bonchev–Trinajstić information content (AvgIpc) is 3.18. The topological polar surface area (TPSA) is 99.1 Å². The Balaban J connectivity index is 0.000000820. The summed E-state index contributed by atoms with van der Waals surface area (Å²) in [6.45, 7) is 2.39. The van der Waals surface area contributed by atoms with Gasteiger partial charge < -0.3 is 19.3 Å². The third-order valence-corrected chi connectivity index (χ3v) is 6.03. The van der Waals surface area contributed by atoms with Crippen LogP contribution >= 0.6 is 98.4 Å². The van der Waals surface area contributed by atoms with Crippen LogP contribution in [0.5, 0.6) is 11.5 Å². The maximum Gasteiger partial charge on any atom is 0.338 e. The molecule has 13 heteroatoms. The maximum absolute atomic E-state index is 12.3. The van der Waals surface area contributed by atoms with E-state index in [0.29, 0.717) is 42.3 Å². The number of ether oxygens (including phenoxy) is 3. The van der Waals surface area contributed by atoms with Crippen LogP contribution in [0, 0.1) is 0 Å². The summed E-state index contributed by atoms with van der Waals surface area (Å²) in [6, 6.07) is 43.5. The molecule has 0 aromatic heterocycles. The van der Waals surface area contributed by atoms with Gasteiger partial charge in [0.2, 0.25) is 0 Å². The number of carbonyl (C=O) groups excluding carboxylic acids is 3. The van der Waals surface area contributed by atoms with Crippen molar-refractivity contribution in [2.45, 2.75) is 6.92 Å². The first-order valence-electron chi connectivity index (χ1n) is 14.8. The first-order valence-corrected chi connectivity index (χ1v) is 33.7. The molecule has 5 aromatic rings. The number of carbonyl (C=O) groups is 3. The minimum absolute atomic E-state index is 0. The number of hydrogen-bond acceptors (Lipinski definition) is 7. The summed E-state index contributed by atoms with van der Waals surface area (Å²) in [5, 5.41) is 8.40. The van der Waals surface area contributed by atoms with Crippen molar-refractivity contribution in [2.75, 3.05) is 26.4 Å². The number of para-hydroxylation sites is 1. The summed E-state index contributed by atoms with van der Waals surface area (Å²) >= 11 is 9.54. The fourth-order valence-electron chi connectivity index (χ4n) is 3.76. The monoisotopic (exact) mass is 1370 g/mol. The van der Waals surface area contributed by atoms with Crippen LogP contribution in [0.3, 0.4) is 0 Å². The molecule has 0 amide bonds. The first kappa shape index (κ1) is 49.9. The number of benzene rings is 5. The molecule has 0 aliphatic carbocycles. The second-order valence-electron chi connectivity index (χ2n) is 9.43. The molecule has 0 spiro atoms.